The van der Waals surface area contributed by atoms with Gasteiger partial charge in [-0.05, 0) is 43.2 Å². The molecule has 0 unspecified atom stereocenters. The summed E-state index contributed by atoms with van der Waals surface area (Å²) in [5, 5.41) is 21.6. The zero-order valence-corrected chi connectivity index (χ0v) is 12.9. The first-order chi connectivity index (χ1) is 9.96. The highest BCUT2D eigenvalue weighted by Crippen LogP contribution is 2.42. The van der Waals surface area contributed by atoms with Crippen LogP contribution in [0.4, 0.5) is 0 Å². The highest BCUT2D eigenvalue weighted by Gasteiger charge is 2.36. The molecule has 21 heavy (non-hydrogen) atoms. The number of carbonyl (C=O) groups is 1. The Morgan fingerprint density at radius 2 is 2.14 bits per heavy atom. The van der Waals surface area contributed by atoms with Crippen LogP contribution in [-0.4, -0.2) is 39.7 Å². The van der Waals surface area contributed by atoms with Crippen molar-refractivity contribution in [3.8, 4) is 11.5 Å². The maximum Gasteiger partial charge on any atom is 0.237 e. The summed E-state index contributed by atoms with van der Waals surface area (Å²) in [5.74, 6) is -0.553. The van der Waals surface area contributed by atoms with E-state index in [0.29, 0.717) is 13.0 Å². The number of hydrogen-bond acceptors (Lipinski definition) is 5. The molecule has 1 aromatic carbocycles. The van der Waals surface area contributed by atoms with Crippen molar-refractivity contribution in [2.75, 3.05) is 12.8 Å². The minimum Gasteiger partial charge on any atom is -0.504 e. The number of phenols is 2. The summed E-state index contributed by atoms with van der Waals surface area (Å²) in [4.78, 5) is 12.0. The van der Waals surface area contributed by atoms with Crippen LogP contribution in [0.3, 0.4) is 0 Å². The summed E-state index contributed by atoms with van der Waals surface area (Å²) < 4.78 is 0.187. The molecule has 116 valence electrons. The molecule has 0 radical (unpaired) electrons. The van der Waals surface area contributed by atoms with Crippen LogP contribution >= 0.6 is 11.8 Å². The second-order valence-electron chi connectivity index (χ2n) is 5.59. The van der Waals surface area contributed by atoms with E-state index in [2.05, 4.69) is 11.6 Å². The Bertz CT molecular complexity index is 512. The van der Waals surface area contributed by atoms with Crippen molar-refractivity contribution in [1.29, 1.82) is 0 Å². The van der Waals surface area contributed by atoms with E-state index in [0.717, 1.165) is 18.4 Å². The van der Waals surface area contributed by atoms with Crippen LogP contribution in [0.5, 0.6) is 11.5 Å². The van der Waals surface area contributed by atoms with Crippen molar-refractivity contribution < 1.29 is 15.0 Å². The average Bonchev–Trinajstić information content (AvgIpc) is 2.42. The third-order valence-electron chi connectivity index (χ3n) is 4.11. The Balaban J connectivity index is 1.86. The number of phenolic OH excluding ortho intramolecular Hbond substituents is 2. The molecule has 1 aliphatic rings. The number of nitrogens with one attached hydrogen (secondary N) is 1. The molecule has 5 nitrogen and oxygen atoms in total. The molecule has 0 spiro atoms. The number of hydrogen-bond donors (Lipinski definition) is 4. The molecule has 1 aromatic rings. The fraction of sp³-hybridized carbons (Fsp3) is 0.533. The molecular formula is C15H22N2O3S. The Hall–Kier alpha value is -1.40. The Morgan fingerprint density at radius 3 is 2.67 bits per heavy atom. The third-order valence-corrected chi connectivity index (χ3v) is 5.53. The van der Waals surface area contributed by atoms with E-state index in [4.69, 9.17) is 5.73 Å². The third kappa shape index (κ3) is 3.83. The maximum atomic E-state index is 12.0. The molecule has 1 fully saturated rings. The topological polar surface area (TPSA) is 95.6 Å². The van der Waals surface area contributed by atoms with Crippen LogP contribution in [-0.2, 0) is 11.2 Å². The first-order valence-electron chi connectivity index (χ1n) is 7.05. The van der Waals surface area contributed by atoms with Crippen LogP contribution in [0.15, 0.2) is 18.2 Å². The predicted molar refractivity (Wildman–Crippen MR) is 84.6 cm³/mol. The van der Waals surface area contributed by atoms with Crippen molar-refractivity contribution in [2.45, 2.75) is 36.5 Å². The number of benzene rings is 1. The molecule has 5 N–H and O–H groups in total. The van der Waals surface area contributed by atoms with Gasteiger partial charge >= 0.3 is 0 Å². The molecule has 0 heterocycles. The number of rotatable bonds is 6. The van der Waals surface area contributed by atoms with Crippen molar-refractivity contribution in [2.24, 2.45) is 5.73 Å². The van der Waals surface area contributed by atoms with Gasteiger partial charge in [0.1, 0.15) is 0 Å². The fourth-order valence-electron chi connectivity index (χ4n) is 2.45. The van der Waals surface area contributed by atoms with Crippen molar-refractivity contribution in [1.82, 2.24) is 5.32 Å². The van der Waals surface area contributed by atoms with Gasteiger partial charge in [-0.15, -0.1) is 0 Å². The molecule has 6 heteroatoms. The van der Waals surface area contributed by atoms with Gasteiger partial charge in [0, 0.05) is 11.3 Å². The largest absolute Gasteiger partial charge is 0.504 e. The number of carbonyl (C=O) groups excluding carboxylic acids is 1. The first kappa shape index (κ1) is 16.0. The molecule has 1 saturated carbocycles. The van der Waals surface area contributed by atoms with Gasteiger partial charge in [-0.25, -0.2) is 0 Å². The Labute approximate surface area is 128 Å². The van der Waals surface area contributed by atoms with E-state index in [1.54, 1.807) is 17.8 Å². The molecule has 1 amide bonds. The molecule has 2 rings (SSSR count). The lowest BCUT2D eigenvalue weighted by molar-refractivity contribution is -0.122. The number of aromatic hydroxyl groups is 2. The molecule has 1 atom stereocenters. The summed E-state index contributed by atoms with van der Waals surface area (Å²) in [6.07, 6.45) is 5.89. The summed E-state index contributed by atoms with van der Waals surface area (Å²) in [6.45, 7) is 0.654. The van der Waals surface area contributed by atoms with Gasteiger partial charge < -0.3 is 21.3 Å². The Kier molecular flexibility index (Phi) is 5.00. The lowest BCUT2D eigenvalue weighted by atomic mass is 9.84. The van der Waals surface area contributed by atoms with Gasteiger partial charge in [0.25, 0.3) is 0 Å². The lowest BCUT2D eigenvalue weighted by Gasteiger charge is -2.40. The lowest BCUT2D eigenvalue weighted by Crippen LogP contribution is -2.50. The highest BCUT2D eigenvalue weighted by molar-refractivity contribution is 8.00. The van der Waals surface area contributed by atoms with E-state index in [1.807, 2.05) is 0 Å². The maximum absolute atomic E-state index is 12.0. The zero-order chi connectivity index (χ0) is 15.5. The first-order valence-corrected chi connectivity index (χ1v) is 8.27. The Morgan fingerprint density at radius 1 is 1.43 bits per heavy atom. The second-order valence-corrected chi connectivity index (χ2v) is 6.87. The average molecular weight is 310 g/mol. The van der Waals surface area contributed by atoms with Gasteiger partial charge in [0.05, 0.1) is 6.04 Å². The summed E-state index contributed by atoms with van der Waals surface area (Å²) >= 11 is 1.80. The molecule has 0 bridgehead atoms. The fourth-order valence-corrected chi connectivity index (χ4v) is 3.36. The van der Waals surface area contributed by atoms with Crippen LogP contribution < -0.4 is 11.1 Å². The number of thioether (sulfide) groups is 1. The standard InChI is InChI=1S/C15H22N2O3S/c1-21-15(5-2-6-15)9-17-14(20)11(16)7-10-3-4-12(18)13(19)8-10/h3-4,8,11,18-19H,2,5-7,9,16H2,1H3,(H,17,20)/t11-/m0/s1. The van der Waals surface area contributed by atoms with Crippen LogP contribution in [0.2, 0.25) is 0 Å². The SMILES string of the molecule is CSC1(CNC(=O)[C@@H](N)Cc2ccc(O)c(O)c2)CCC1. The molecule has 0 saturated heterocycles. The normalized spacial score (nSPS) is 17.8. The van der Waals surface area contributed by atoms with E-state index in [-0.39, 0.29) is 22.2 Å². The van der Waals surface area contributed by atoms with Crippen LogP contribution in [0.1, 0.15) is 24.8 Å². The molecule has 1 aliphatic carbocycles. The minimum absolute atomic E-state index is 0.177. The molecule has 0 aliphatic heterocycles. The van der Waals surface area contributed by atoms with Crippen molar-refractivity contribution in [3.63, 3.8) is 0 Å². The molecular weight excluding hydrogens is 288 g/mol. The summed E-state index contributed by atoms with van der Waals surface area (Å²) in [5.41, 5.74) is 6.62. The van der Waals surface area contributed by atoms with Gasteiger partial charge in [-0.1, -0.05) is 12.5 Å². The van der Waals surface area contributed by atoms with Gasteiger partial charge in [0.15, 0.2) is 11.5 Å². The smallest absolute Gasteiger partial charge is 0.237 e. The number of amides is 1. The minimum atomic E-state index is -0.659. The monoisotopic (exact) mass is 310 g/mol. The van der Waals surface area contributed by atoms with Gasteiger partial charge in [-0.2, -0.15) is 11.8 Å². The van der Waals surface area contributed by atoms with Gasteiger partial charge in [-0.3, -0.25) is 4.79 Å². The predicted octanol–water partition coefficient (Wildman–Crippen LogP) is 1.37. The highest BCUT2D eigenvalue weighted by atomic mass is 32.2. The van der Waals surface area contributed by atoms with Crippen LogP contribution in [0, 0.1) is 0 Å². The zero-order valence-electron chi connectivity index (χ0n) is 12.1. The molecule has 0 aromatic heterocycles. The number of nitrogens with two attached hydrogens (primary N) is 1. The summed E-state index contributed by atoms with van der Waals surface area (Å²) in [7, 11) is 0. The van der Waals surface area contributed by atoms with E-state index < -0.39 is 6.04 Å². The van der Waals surface area contributed by atoms with E-state index in [9.17, 15) is 15.0 Å². The van der Waals surface area contributed by atoms with Gasteiger partial charge in [0.2, 0.25) is 5.91 Å². The summed E-state index contributed by atoms with van der Waals surface area (Å²) in [6, 6.07) is 3.81. The van der Waals surface area contributed by atoms with E-state index >= 15 is 0 Å². The second kappa shape index (κ2) is 6.58. The van der Waals surface area contributed by atoms with Crippen molar-refractivity contribution >= 4 is 17.7 Å². The van der Waals surface area contributed by atoms with Crippen molar-refractivity contribution in [3.05, 3.63) is 23.8 Å². The quantitative estimate of drug-likeness (QED) is 0.595. The van der Waals surface area contributed by atoms with E-state index in [1.165, 1.54) is 18.6 Å². The van der Waals surface area contributed by atoms with Crippen LogP contribution in [0.25, 0.3) is 0 Å².